The van der Waals surface area contributed by atoms with Gasteiger partial charge < -0.3 is 0 Å². The van der Waals surface area contributed by atoms with Crippen molar-refractivity contribution in [2.24, 2.45) is 10.4 Å². The molecule has 0 radical (unpaired) electrons. The highest BCUT2D eigenvalue weighted by Crippen LogP contribution is 2.34. The summed E-state index contributed by atoms with van der Waals surface area (Å²) < 4.78 is 0. The second kappa shape index (κ2) is 3.04. The minimum Gasteiger partial charge on any atom is -0.263 e. The molecule has 0 aliphatic carbocycles. The van der Waals surface area contributed by atoms with Gasteiger partial charge in [0.2, 0.25) is 0 Å². The van der Waals surface area contributed by atoms with Crippen LogP contribution in [0.3, 0.4) is 0 Å². The van der Waals surface area contributed by atoms with Crippen molar-refractivity contribution in [2.75, 3.05) is 0 Å². The van der Waals surface area contributed by atoms with Gasteiger partial charge in [0.25, 0.3) is 0 Å². The van der Waals surface area contributed by atoms with Crippen molar-refractivity contribution >= 4 is 5.71 Å². The lowest BCUT2D eigenvalue weighted by molar-refractivity contribution is 0.475. The Kier molecular flexibility index (Phi) is 2.41. The summed E-state index contributed by atoms with van der Waals surface area (Å²) in [7, 11) is 0. The zero-order chi connectivity index (χ0) is 9.35. The lowest BCUT2D eigenvalue weighted by Gasteiger charge is -2.27. The molecule has 0 spiro atoms. The molecule has 0 aromatic carbocycles. The van der Waals surface area contributed by atoms with Gasteiger partial charge in [-0.05, 0) is 37.7 Å². The fourth-order valence-corrected chi connectivity index (χ4v) is 1.81. The molecular formula is C11H19N. The first-order valence-corrected chi connectivity index (χ1v) is 4.65. The van der Waals surface area contributed by atoms with Crippen molar-refractivity contribution in [1.82, 2.24) is 0 Å². The summed E-state index contributed by atoms with van der Waals surface area (Å²) >= 11 is 0. The van der Waals surface area contributed by atoms with Crippen molar-refractivity contribution in [3.63, 3.8) is 0 Å². The van der Waals surface area contributed by atoms with E-state index in [0.717, 1.165) is 6.42 Å². The Labute approximate surface area is 75.6 Å². The molecule has 0 aromatic rings. The summed E-state index contributed by atoms with van der Waals surface area (Å²) in [5, 5.41) is 0. The first-order chi connectivity index (χ1) is 5.41. The van der Waals surface area contributed by atoms with Gasteiger partial charge in [-0.2, -0.15) is 0 Å². The third-order valence-corrected chi connectivity index (χ3v) is 2.44. The van der Waals surface area contributed by atoms with E-state index in [1.54, 1.807) is 0 Å². The van der Waals surface area contributed by atoms with Gasteiger partial charge in [-0.25, -0.2) is 0 Å². The molecule has 0 aromatic heterocycles. The number of aliphatic imine (C=N–C) groups is 1. The minimum absolute atomic E-state index is 0.300. The van der Waals surface area contributed by atoms with Crippen molar-refractivity contribution in [3.05, 3.63) is 11.3 Å². The van der Waals surface area contributed by atoms with Crippen LogP contribution in [0.1, 0.15) is 47.5 Å². The van der Waals surface area contributed by atoms with E-state index in [-0.39, 0.29) is 0 Å². The van der Waals surface area contributed by atoms with Gasteiger partial charge in [0, 0.05) is 11.4 Å². The highest BCUT2D eigenvalue weighted by molar-refractivity contribution is 5.84. The average molecular weight is 165 g/mol. The van der Waals surface area contributed by atoms with Crippen LogP contribution < -0.4 is 0 Å². The molecule has 12 heavy (non-hydrogen) atoms. The highest BCUT2D eigenvalue weighted by atomic mass is 14.8. The van der Waals surface area contributed by atoms with Gasteiger partial charge in [-0.3, -0.25) is 4.99 Å². The van der Waals surface area contributed by atoms with Crippen LogP contribution in [0.25, 0.3) is 0 Å². The second-order valence-electron chi connectivity index (χ2n) is 4.66. The van der Waals surface area contributed by atoms with Crippen LogP contribution >= 0.6 is 0 Å². The topological polar surface area (TPSA) is 12.4 Å². The van der Waals surface area contributed by atoms with Crippen LogP contribution in [0.15, 0.2) is 16.3 Å². The van der Waals surface area contributed by atoms with Gasteiger partial charge in [-0.15, -0.1) is 0 Å². The number of rotatable bonds is 0. The summed E-state index contributed by atoms with van der Waals surface area (Å²) in [6, 6.07) is 0. The molecule has 1 nitrogen and oxygen atoms in total. The molecule has 1 aliphatic rings. The minimum atomic E-state index is 0.300. The molecule has 0 saturated carbocycles. The fraction of sp³-hybridized carbons (Fsp3) is 0.727. The zero-order valence-corrected chi connectivity index (χ0v) is 8.86. The number of allylic oxidation sites excluding steroid dienone is 2. The molecule has 68 valence electrons. The molecule has 0 bridgehead atoms. The van der Waals surface area contributed by atoms with Crippen molar-refractivity contribution in [2.45, 2.75) is 47.5 Å². The van der Waals surface area contributed by atoms with Gasteiger partial charge in [0.1, 0.15) is 0 Å². The molecule has 1 rings (SSSR count). The second-order valence-corrected chi connectivity index (χ2v) is 4.66. The lowest BCUT2D eigenvalue weighted by atomic mass is 9.81. The molecule has 0 atom stereocenters. The SMILES string of the molecule is CC1=NC(C)=C(C(C)(C)C)CC1. The summed E-state index contributed by atoms with van der Waals surface area (Å²) in [5.74, 6) is 0. The monoisotopic (exact) mass is 165 g/mol. The Morgan fingerprint density at radius 1 is 1.08 bits per heavy atom. The summed E-state index contributed by atoms with van der Waals surface area (Å²) in [5.41, 5.74) is 4.34. The maximum atomic E-state index is 4.53. The maximum Gasteiger partial charge on any atom is 0.0369 e. The third kappa shape index (κ3) is 1.96. The van der Waals surface area contributed by atoms with Crippen LogP contribution in [-0.4, -0.2) is 5.71 Å². The molecule has 1 heterocycles. The van der Waals surface area contributed by atoms with Gasteiger partial charge in [0.05, 0.1) is 0 Å². The van der Waals surface area contributed by atoms with E-state index in [2.05, 4.69) is 39.6 Å². The highest BCUT2D eigenvalue weighted by Gasteiger charge is 2.21. The van der Waals surface area contributed by atoms with Gasteiger partial charge >= 0.3 is 0 Å². The maximum absolute atomic E-state index is 4.53. The van der Waals surface area contributed by atoms with E-state index in [4.69, 9.17) is 0 Å². The standard InChI is InChI=1S/C11H19N/c1-8-6-7-10(9(2)12-8)11(3,4)5/h6-7H2,1-5H3. The molecule has 0 N–H and O–H groups in total. The first kappa shape index (κ1) is 9.50. The Balaban J connectivity index is 2.98. The smallest absolute Gasteiger partial charge is 0.0369 e. The molecule has 1 heteroatoms. The summed E-state index contributed by atoms with van der Waals surface area (Å²) in [6.45, 7) is 11.0. The van der Waals surface area contributed by atoms with E-state index in [1.165, 1.54) is 23.4 Å². The van der Waals surface area contributed by atoms with Crippen molar-refractivity contribution in [3.8, 4) is 0 Å². The van der Waals surface area contributed by atoms with Crippen LogP contribution in [0.5, 0.6) is 0 Å². The van der Waals surface area contributed by atoms with Crippen molar-refractivity contribution < 1.29 is 0 Å². The van der Waals surface area contributed by atoms with Crippen molar-refractivity contribution in [1.29, 1.82) is 0 Å². The molecule has 0 saturated heterocycles. The predicted molar refractivity (Wildman–Crippen MR) is 54.5 cm³/mol. The molecule has 0 amide bonds. The van der Waals surface area contributed by atoms with E-state index in [9.17, 15) is 0 Å². The average Bonchev–Trinajstić information content (AvgIpc) is 1.83. The predicted octanol–water partition coefficient (Wildman–Crippen LogP) is 3.56. The summed E-state index contributed by atoms with van der Waals surface area (Å²) in [6.07, 6.45) is 2.34. The molecule has 0 fully saturated rings. The van der Waals surface area contributed by atoms with E-state index in [0.29, 0.717) is 5.41 Å². The lowest BCUT2D eigenvalue weighted by Crippen LogP contribution is -2.15. The molecular weight excluding hydrogens is 146 g/mol. The Morgan fingerprint density at radius 2 is 1.67 bits per heavy atom. The molecule has 0 unspecified atom stereocenters. The summed E-state index contributed by atoms with van der Waals surface area (Å²) in [4.78, 5) is 4.53. The molecule has 1 aliphatic heterocycles. The third-order valence-electron chi connectivity index (χ3n) is 2.44. The number of nitrogens with zero attached hydrogens (tertiary/aromatic N) is 1. The Bertz CT molecular complexity index is 238. The quantitative estimate of drug-likeness (QED) is 0.520. The van der Waals surface area contributed by atoms with Crippen LogP contribution in [0, 0.1) is 5.41 Å². The van der Waals surface area contributed by atoms with E-state index in [1.807, 2.05) is 0 Å². The van der Waals surface area contributed by atoms with Crippen LogP contribution in [0.2, 0.25) is 0 Å². The number of hydrogen-bond donors (Lipinski definition) is 0. The van der Waals surface area contributed by atoms with Crippen LogP contribution in [-0.2, 0) is 0 Å². The number of hydrogen-bond acceptors (Lipinski definition) is 1. The van der Waals surface area contributed by atoms with Gasteiger partial charge in [-0.1, -0.05) is 20.8 Å². The van der Waals surface area contributed by atoms with Crippen LogP contribution in [0.4, 0.5) is 0 Å². The largest absolute Gasteiger partial charge is 0.263 e. The fourth-order valence-electron chi connectivity index (χ4n) is 1.81. The first-order valence-electron chi connectivity index (χ1n) is 4.65. The normalized spacial score (nSPS) is 19.6. The Morgan fingerprint density at radius 3 is 2.08 bits per heavy atom. The Hall–Kier alpha value is -0.590. The van der Waals surface area contributed by atoms with Gasteiger partial charge in [0.15, 0.2) is 0 Å². The van der Waals surface area contributed by atoms with E-state index < -0.39 is 0 Å². The van der Waals surface area contributed by atoms with E-state index >= 15 is 0 Å². The zero-order valence-electron chi connectivity index (χ0n) is 8.86.